The molecule has 0 aliphatic rings. The van der Waals surface area contributed by atoms with Crippen LogP contribution in [-0.2, 0) is 13.0 Å². The monoisotopic (exact) mass is 275 g/mol. The zero-order valence-electron chi connectivity index (χ0n) is 12.0. The van der Waals surface area contributed by atoms with Crippen molar-refractivity contribution in [1.29, 1.82) is 0 Å². The summed E-state index contributed by atoms with van der Waals surface area (Å²) >= 11 is 0. The number of aromatic nitrogens is 2. The molecule has 3 heteroatoms. The third kappa shape index (κ3) is 2.36. The highest BCUT2D eigenvalue weighted by Gasteiger charge is 2.12. The number of fused-ring (bicyclic) bond motifs is 1. The Balaban J connectivity index is 2.23. The van der Waals surface area contributed by atoms with Crippen LogP contribution >= 0.6 is 0 Å². The molecule has 3 nitrogen and oxygen atoms in total. The number of hydrogen-bond donors (Lipinski definition) is 1. The molecule has 3 rings (SSSR count). The molecule has 0 atom stereocenters. The third-order valence-electron chi connectivity index (χ3n) is 3.64. The fourth-order valence-electron chi connectivity index (χ4n) is 2.50. The van der Waals surface area contributed by atoms with Gasteiger partial charge in [-0.1, -0.05) is 18.9 Å². The molecule has 1 heterocycles. The standard InChI is InChI=1S/C18H17N3/c1-3-11-21-17-10-5-13(4-2)12-16(17)20-18(21)14-6-8-15(19)9-7-14/h1,5-10,12H,4,11,19H2,2H3. The van der Waals surface area contributed by atoms with Crippen LogP contribution in [0.25, 0.3) is 22.4 Å². The van der Waals surface area contributed by atoms with Crippen molar-refractivity contribution in [3.8, 4) is 23.7 Å². The van der Waals surface area contributed by atoms with Gasteiger partial charge in [-0.3, -0.25) is 0 Å². The van der Waals surface area contributed by atoms with Crippen LogP contribution in [0.1, 0.15) is 12.5 Å². The maximum absolute atomic E-state index is 5.75. The predicted octanol–water partition coefficient (Wildman–Crippen LogP) is 3.48. The lowest BCUT2D eigenvalue weighted by atomic mass is 10.1. The van der Waals surface area contributed by atoms with E-state index in [-0.39, 0.29) is 0 Å². The van der Waals surface area contributed by atoms with Crippen LogP contribution in [-0.4, -0.2) is 9.55 Å². The minimum absolute atomic E-state index is 0.502. The van der Waals surface area contributed by atoms with Gasteiger partial charge in [-0.2, -0.15) is 0 Å². The second kappa shape index (κ2) is 5.34. The zero-order chi connectivity index (χ0) is 14.8. The van der Waals surface area contributed by atoms with Crippen LogP contribution in [0.2, 0.25) is 0 Å². The Morgan fingerprint density at radius 1 is 1.19 bits per heavy atom. The molecule has 2 N–H and O–H groups in total. The molecule has 0 radical (unpaired) electrons. The van der Waals surface area contributed by atoms with Crippen molar-refractivity contribution in [2.75, 3.05) is 5.73 Å². The number of nitrogen functional groups attached to an aromatic ring is 1. The molecule has 0 aliphatic heterocycles. The fourth-order valence-corrected chi connectivity index (χ4v) is 2.50. The number of nitrogens with two attached hydrogens (primary N) is 1. The highest BCUT2D eigenvalue weighted by molar-refractivity contribution is 5.81. The normalized spacial score (nSPS) is 10.7. The summed E-state index contributed by atoms with van der Waals surface area (Å²) in [7, 11) is 0. The predicted molar refractivity (Wildman–Crippen MR) is 87.8 cm³/mol. The number of nitrogens with zero attached hydrogens (tertiary/aromatic N) is 2. The van der Waals surface area contributed by atoms with Crippen LogP contribution < -0.4 is 5.73 Å². The van der Waals surface area contributed by atoms with Gasteiger partial charge in [0, 0.05) is 11.3 Å². The summed E-state index contributed by atoms with van der Waals surface area (Å²) in [6.07, 6.45) is 6.51. The molecule has 0 bridgehead atoms. The summed E-state index contributed by atoms with van der Waals surface area (Å²) in [5, 5.41) is 0. The van der Waals surface area contributed by atoms with Gasteiger partial charge >= 0.3 is 0 Å². The molecular formula is C18H17N3. The van der Waals surface area contributed by atoms with Gasteiger partial charge in [-0.15, -0.1) is 6.42 Å². The van der Waals surface area contributed by atoms with E-state index in [1.54, 1.807) is 0 Å². The van der Waals surface area contributed by atoms with Crippen LogP contribution in [0.4, 0.5) is 5.69 Å². The average Bonchev–Trinajstić information content (AvgIpc) is 2.86. The van der Waals surface area contributed by atoms with Crippen molar-refractivity contribution in [1.82, 2.24) is 9.55 Å². The summed E-state index contributed by atoms with van der Waals surface area (Å²) < 4.78 is 2.07. The van der Waals surface area contributed by atoms with Gasteiger partial charge in [0.2, 0.25) is 0 Å². The van der Waals surface area contributed by atoms with Crippen LogP contribution in [0.5, 0.6) is 0 Å². The quantitative estimate of drug-likeness (QED) is 0.587. The van der Waals surface area contributed by atoms with E-state index < -0.39 is 0 Å². The molecule has 0 amide bonds. The number of hydrogen-bond acceptors (Lipinski definition) is 2. The van der Waals surface area contributed by atoms with E-state index in [9.17, 15) is 0 Å². The molecule has 2 aromatic carbocycles. The minimum Gasteiger partial charge on any atom is -0.399 e. The Morgan fingerprint density at radius 2 is 1.95 bits per heavy atom. The lowest BCUT2D eigenvalue weighted by Gasteiger charge is -2.06. The zero-order valence-corrected chi connectivity index (χ0v) is 12.0. The van der Waals surface area contributed by atoms with Gasteiger partial charge in [0.25, 0.3) is 0 Å². The van der Waals surface area contributed by atoms with Gasteiger partial charge in [0.05, 0.1) is 17.6 Å². The Kier molecular flexibility index (Phi) is 3.37. The number of imidazole rings is 1. The molecule has 0 spiro atoms. The smallest absolute Gasteiger partial charge is 0.141 e. The van der Waals surface area contributed by atoms with Crippen LogP contribution in [0, 0.1) is 12.3 Å². The molecule has 1 aromatic heterocycles. The lowest BCUT2D eigenvalue weighted by Crippen LogP contribution is -1.99. The Bertz CT molecular complexity index is 820. The topological polar surface area (TPSA) is 43.8 Å². The highest BCUT2D eigenvalue weighted by Crippen LogP contribution is 2.26. The maximum atomic E-state index is 5.75. The fraction of sp³-hybridized carbons (Fsp3) is 0.167. The SMILES string of the molecule is C#CCn1c(-c2ccc(N)cc2)nc2cc(CC)ccc21. The second-order valence-corrected chi connectivity index (χ2v) is 5.02. The summed E-state index contributed by atoms with van der Waals surface area (Å²) in [6, 6.07) is 14.1. The van der Waals surface area contributed by atoms with Crippen molar-refractivity contribution in [3.63, 3.8) is 0 Å². The van der Waals surface area contributed by atoms with E-state index in [4.69, 9.17) is 17.1 Å². The van der Waals surface area contributed by atoms with Gasteiger partial charge in [-0.05, 0) is 48.4 Å². The van der Waals surface area contributed by atoms with Gasteiger partial charge in [0.1, 0.15) is 5.82 Å². The molecule has 0 saturated carbocycles. The Labute approximate surface area is 124 Å². The van der Waals surface area contributed by atoms with Gasteiger partial charge < -0.3 is 10.3 Å². The first-order valence-electron chi connectivity index (χ1n) is 7.01. The minimum atomic E-state index is 0.502. The van der Waals surface area contributed by atoms with Crippen LogP contribution in [0.3, 0.4) is 0 Å². The van der Waals surface area contributed by atoms with E-state index in [0.717, 1.165) is 34.5 Å². The molecule has 0 aliphatic carbocycles. The van der Waals surface area contributed by atoms with Gasteiger partial charge in [-0.25, -0.2) is 4.98 Å². The first-order valence-corrected chi connectivity index (χ1v) is 7.01. The summed E-state index contributed by atoms with van der Waals surface area (Å²) in [5.41, 5.74) is 10.8. The Morgan fingerprint density at radius 3 is 2.62 bits per heavy atom. The van der Waals surface area contributed by atoms with E-state index >= 15 is 0 Å². The van der Waals surface area contributed by atoms with E-state index in [0.29, 0.717) is 6.54 Å². The lowest BCUT2D eigenvalue weighted by molar-refractivity contribution is 0.882. The number of rotatable bonds is 3. The van der Waals surface area contributed by atoms with Crippen molar-refractivity contribution < 1.29 is 0 Å². The molecule has 104 valence electrons. The molecule has 0 unspecified atom stereocenters. The second-order valence-electron chi connectivity index (χ2n) is 5.02. The van der Waals surface area contributed by atoms with Crippen molar-refractivity contribution in [2.45, 2.75) is 19.9 Å². The average molecular weight is 275 g/mol. The molecule has 21 heavy (non-hydrogen) atoms. The first-order chi connectivity index (χ1) is 10.2. The highest BCUT2D eigenvalue weighted by atomic mass is 15.1. The molecule has 0 saturated heterocycles. The number of anilines is 1. The van der Waals surface area contributed by atoms with E-state index in [1.165, 1.54) is 5.56 Å². The van der Waals surface area contributed by atoms with Crippen molar-refractivity contribution in [3.05, 3.63) is 48.0 Å². The van der Waals surface area contributed by atoms with Crippen molar-refractivity contribution in [2.24, 2.45) is 0 Å². The largest absolute Gasteiger partial charge is 0.399 e. The summed E-state index contributed by atoms with van der Waals surface area (Å²) in [6.45, 7) is 2.64. The number of benzene rings is 2. The molecule has 3 aromatic rings. The maximum Gasteiger partial charge on any atom is 0.141 e. The van der Waals surface area contributed by atoms with Crippen LogP contribution in [0.15, 0.2) is 42.5 Å². The van der Waals surface area contributed by atoms with E-state index in [2.05, 4.69) is 35.6 Å². The summed E-state index contributed by atoms with van der Waals surface area (Å²) in [4.78, 5) is 4.77. The van der Waals surface area contributed by atoms with E-state index in [1.807, 2.05) is 24.3 Å². The number of aryl methyl sites for hydroxylation is 1. The molecular weight excluding hydrogens is 258 g/mol. The van der Waals surface area contributed by atoms with Gasteiger partial charge in [0.15, 0.2) is 0 Å². The molecule has 0 fully saturated rings. The van der Waals surface area contributed by atoms with Crippen molar-refractivity contribution >= 4 is 16.7 Å². The Hall–Kier alpha value is -2.73. The third-order valence-corrected chi connectivity index (χ3v) is 3.64. The number of terminal acetylenes is 1. The first kappa shape index (κ1) is 13.3. The summed E-state index contributed by atoms with van der Waals surface area (Å²) in [5.74, 6) is 3.60.